The number of hydrogen-bond donors (Lipinski definition) is 1. The quantitative estimate of drug-likeness (QED) is 0.641. The maximum Gasteiger partial charge on any atom is 0.335 e. The molecule has 110 valence electrons. The van der Waals surface area contributed by atoms with Crippen LogP contribution in [0.4, 0.5) is 0 Å². The van der Waals surface area contributed by atoms with E-state index in [4.69, 9.17) is 9.84 Å². The normalized spacial score (nSPS) is 20.2. The Balaban J connectivity index is 1.96. The molecular weight excluding hydrogens is 272 g/mol. The van der Waals surface area contributed by atoms with E-state index in [-0.39, 0.29) is 29.2 Å². The third kappa shape index (κ3) is 3.78. The molecule has 5 heteroatoms. The molecule has 0 unspecified atom stereocenters. The van der Waals surface area contributed by atoms with Gasteiger partial charge in [0.2, 0.25) is 0 Å². The van der Waals surface area contributed by atoms with Gasteiger partial charge >= 0.3 is 11.9 Å². The number of carbonyl (C=O) groups is 3. The van der Waals surface area contributed by atoms with Gasteiger partial charge in [0.15, 0.2) is 5.78 Å². The number of hydrogen-bond acceptors (Lipinski definition) is 4. The molecule has 2 rings (SSSR count). The fraction of sp³-hybridized carbons (Fsp3) is 0.312. The summed E-state index contributed by atoms with van der Waals surface area (Å²) in [6.45, 7) is 2.04. The van der Waals surface area contributed by atoms with Gasteiger partial charge in [0.1, 0.15) is 0 Å². The Morgan fingerprint density at radius 3 is 2.76 bits per heavy atom. The van der Waals surface area contributed by atoms with E-state index in [1.165, 1.54) is 18.2 Å². The van der Waals surface area contributed by atoms with Crippen LogP contribution in [0.25, 0.3) is 6.08 Å². The Hall–Kier alpha value is -2.43. The van der Waals surface area contributed by atoms with Crippen LogP contribution in [0.3, 0.4) is 0 Å². The average Bonchev–Trinajstić information content (AvgIpc) is 3.26. The van der Waals surface area contributed by atoms with Crippen molar-refractivity contribution < 1.29 is 24.2 Å². The predicted octanol–water partition coefficient (Wildman–Crippen LogP) is 2.17. The number of benzene rings is 1. The lowest BCUT2D eigenvalue weighted by atomic mass is 10.1. The summed E-state index contributed by atoms with van der Waals surface area (Å²) >= 11 is 0. The zero-order valence-electron chi connectivity index (χ0n) is 11.6. The van der Waals surface area contributed by atoms with Crippen LogP contribution in [0.5, 0.6) is 0 Å². The van der Waals surface area contributed by atoms with Crippen molar-refractivity contribution in [3.05, 3.63) is 41.5 Å². The van der Waals surface area contributed by atoms with Crippen molar-refractivity contribution >= 4 is 23.8 Å². The van der Waals surface area contributed by atoms with Crippen LogP contribution in [-0.2, 0) is 14.3 Å². The fourth-order valence-electron chi connectivity index (χ4n) is 2.10. The summed E-state index contributed by atoms with van der Waals surface area (Å²) < 4.78 is 4.87. The summed E-state index contributed by atoms with van der Waals surface area (Å²) in [6.07, 6.45) is 3.48. The summed E-state index contributed by atoms with van der Waals surface area (Å²) in [5, 5.41) is 8.89. The molecule has 0 spiro atoms. The number of ketones is 1. The lowest BCUT2D eigenvalue weighted by Gasteiger charge is -1.99. The van der Waals surface area contributed by atoms with Gasteiger partial charge in [0.25, 0.3) is 0 Å². The Kier molecular flexibility index (Phi) is 4.52. The number of rotatable bonds is 6. The highest BCUT2D eigenvalue weighted by molar-refractivity contribution is 6.01. The molecule has 2 atom stereocenters. The third-order valence-electron chi connectivity index (χ3n) is 3.32. The van der Waals surface area contributed by atoms with Crippen LogP contribution in [0.15, 0.2) is 30.3 Å². The molecule has 0 aliphatic heterocycles. The second-order valence-electron chi connectivity index (χ2n) is 4.87. The number of esters is 1. The van der Waals surface area contributed by atoms with E-state index in [0.717, 1.165) is 0 Å². The van der Waals surface area contributed by atoms with Crippen molar-refractivity contribution in [2.45, 2.75) is 13.3 Å². The Morgan fingerprint density at radius 1 is 1.33 bits per heavy atom. The summed E-state index contributed by atoms with van der Waals surface area (Å²) in [4.78, 5) is 34.2. The number of allylic oxidation sites excluding steroid dienone is 1. The lowest BCUT2D eigenvalue weighted by Crippen LogP contribution is -2.10. The topological polar surface area (TPSA) is 80.7 Å². The molecule has 1 N–H and O–H groups in total. The van der Waals surface area contributed by atoms with E-state index in [1.54, 1.807) is 25.1 Å². The zero-order chi connectivity index (χ0) is 15.4. The standard InChI is InChI=1S/C16H16O5/c1-2-21-16(20)13-9-12(13)14(17)7-6-10-4-3-5-11(8-10)15(18)19/h3-8,12-13H,2,9H2,1H3,(H,18,19)/b7-6+/t12-,13-/m0/s1. The number of carboxylic acids is 1. The maximum atomic E-state index is 11.9. The van der Waals surface area contributed by atoms with Crippen LogP contribution in [0.1, 0.15) is 29.3 Å². The highest BCUT2D eigenvalue weighted by atomic mass is 16.5. The summed E-state index contributed by atoms with van der Waals surface area (Å²) in [7, 11) is 0. The summed E-state index contributed by atoms with van der Waals surface area (Å²) in [5.41, 5.74) is 0.803. The Bertz CT molecular complexity index is 602. The molecule has 0 heterocycles. The molecule has 1 aliphatic rings. The highest BCUT2D eigenvalue weighted by Gasteiger charge is 2.47. The molecule has 1 aliphatic carbocycles. The SMILES string of the molecule is CCOC(=O)[C@H]1C[C@@H]1C(=O)/C=C/c1cccc(C(=O)O)c1. The van der Waals surface area contributed by atoms with Gasteiger partial charge in [-0.1, -0.05) is 18.2 Å². The van der Waals surface area contributed by atoms with Gasteiger partial charge in [-0.3, -0.25) is 9.59 Å². The van der Waals surface area contributed by atoms with Crippen LogP contribution in [-0.4, -0.2) is 29.4 Å². The zero-order valence-corrected chi connectivity index (χ0v) is 11.6. The first-order valence-electron chi connectivity index (χ1n) is 6.75. The fourth-order valence-corrected chi connectivity index (χ4v) is 2.10. The number of aromatic carboxylic acids is 1. The Labute approximate surface area is 122 Å². The largest absolute Gasteiger partial charge is 0.478 e. The molecule has 1 fully saturated rings. The molecule has 21 heavy (non-hydrogen) atoms. The molecule has 0 radical (unpaired) electrons. The van der Waals surface area contributed by atoms with E-state index in [2.05, 4.69) is 0 Å². The number of carboxylic acid groups (broad SMARTS) is 1. The monoisotopic (exact) mass is 288 g/mol. The first kappa shape index (κ1) is 15.0. The molecular formula is C16H16O5. The van der Waals surface area contributed by atoms with Gasteiger partial charge < -0.3 is 9.84 Å². The molecule has 1 aromatic rings. The predicted molar refractivity (Wildman–Crippen MR) is 75.7 cm³/mol. The lowest BCUT2D eigenvalue weighted by molar-refractivity contribution is -0.145. The van der Waals surface area contributed by atoms with Crippen LogP contribution in [0.2, 0.25) is 0 Å². The first-order valence-corrected chi connectivity index (χ1v) is 6.75. The van der Waals surface area contributed by atoms with Crippen molar-refractivity contribution in [3.63, 3.8) is 0 Å². The van der Waals surface area contributed by atoms with Gasteiger partial charge in [-0.05, 0) is 37.1 Å². The van der Waals surface area contributed by atoms with Gasteiger partial charge in [-0.15, -0.1) is 0 Å². The maximum absolute atomic E-state index is 11.9. The van der Waals surface area contributed by atoms with Crippen LogP contribution < -0.4 is 0 Å². The second-order valence-corrected chi connectivity index (χ2v) is 4.87. The van der Waals surface area contributed by atoms with E-state index >= 15 is 0 Å². The van der Waals surface area contributed by atoms with E-state index < -0.39 is 5.97 Å². The van der Waals surface area contributed by atoms with Crippen molar-refractivity contribution in [2.24, 2.45) is 11.8 Å². The molecule has 0 aromatic heterocycles. The molecule has 5 nitrogen and oxygen atoms in total. The minimum absolute atomic E-state index is 0.131. The molecule has 0 amide bonds. The van der Waals surface area contributed by atoms with E-state index in [9.17, 15) is 14.4 Å². The van der Waals surface area contributed by atoms with Gasteiger partial charge in [0.05, 0.1) is 18.1 Å². The molecule has 1 aromatic carbocycles. The van der Waals surface area contributed by atoms with E-state index in [0.29, 0.717) is 18.6 Å². The van der Waals surface area contributed by atoms with E-state index in [1.807, 2.05) is 0 Å². The summed E-state index contributed by atoms with van der Waals surface area (Å²) in [5.74, 6) is -2.09. The summed E-state index contributed by atoms with van der Waals surface area (Å²) in [6, 6.07) is 6.30. The van der Waals surface area contributed by atoms with Crippen molar-refractivity contribution in [3.8, 4) is 0 Å². The minimum atomic E-state index is -1.01. The van der Waals surface area contributed by atoms with Crippen molar-refractivity contribution in [2.75, 3.05) is 6.61 Å². The highest BCUT2D eigenvalue weighted by Crippen LogP contribution is 2.40. The van der Waals surface area contributed by atoms with Crippen LogP contribution >= 0.6 is 0 Å². The van der Waals surface area contributed by atoms with Crippen LogP contribution in [0, 0.1) is 11.8 Å². The van der Waals surface area contributed by atoms with Gasteiger partial charge in [-0.2, -0.15) is 0 Å². The first-order chi connectivity index (χ1) is 10.0. The number of ether oxygens (including phenoxy) is 1. The molecule has 0 bridgehead atoms. The second kappa shape index (κ2) is 6.35. The average molecular weight is 288 g/mol. The smallest absolute Gasteiger partial charge is 0.335 e. The van der Waals surface area contributed by atoms with Gasteiger partial charge in [-0.25, -0.2) is 4.79 Å². The van der Waals surface area contributed by atoms with Crippen molar-refractivity contribution in [1.82, 2.24) is 0 Å². The number of carbonyl (C=O) groups excluding carboxylic acids is 2. The third-order valence-corrected chi connectivity index (χ3v) is 3.32. The Morgan fingerprint density at radius 2 is 2.10 bits per heavy atom. The minimum Gasteiger partial charge on any atom is -0.478 e. The van der Waals surface area contributed by atoms with Gasteiger partial charge in [0, 0.05) is 5.92 Å². The molecule has 0 saturated heterocycles. The molecule has 1 saturated carbocycles. The van der Waals surface area contributed by atoms with Crippen molar-refractivity contribution in [1.29, 1.82) is 0 Å².